The minimum atomic E-state index is 0.562. The van der Waals surface area contributed by atoms with Crippen molar-refractivity contribution in [2.45, 2.75) is 13.5 Å². The molecule has 1 N–H and O–H groups in total. The Labute approximate surface area is 128 Å². The molecule has 2 aromatic rings. The average molecular weight is 381 g/mol. The predicted molar refractivity (Wildman–Crippen MR) is 82.9 cm³/mol. The van der Waals surface area contributed by atoms with Crippen molar-refractivity contribution in [1.29, 1.82) is 5.26 Å². The molecule has 1 aromatic heterocycles. The van der Waals surface area contributed by atoms with E-state index >= 15 is 0 Å². The van der Waals surface area contributed by atoms with Crippen LogP contribution in [0.15, 0.2) is 39.4 Å². The Balaban J connectivity index is 2.20. The van der Waals surface area contributed by atoms with Crippen LogP contribution < -0.4 is 5.32 Å². The van der Waals surface area contributed by atoms with Gasteiger partial charge in [-0.2, -0.15) is 5.26 Å². The van der Waals surface area contributed by atoms with Gasteiger partial charge in [0.1, 0.15) is 6.07 Å². The Hall–Kier alpha value is -1.38. The highest BCUT2D eigenvalue weighted by Gasteiger charge is 2.06. The van der Waals surface area contributed by atoms with Crippen LogP contribution >= 0.6 is 31.9 Å². The zero-order valence-electron chi connectivity index (χ0n) is 10.2. The Morgan fingerprint density at radius 2 is 2.16 bits per heavy atom. The van der Waals surface area contributed by atoms with Crippen molar-refractivity contribution in [2.75, 3.05) is 5.32 Å². The third kappa shape index (κ3) is 3.34. The molecule has 0 aliphatic carbocycles. The van der Waals surface area contributed by atoms with Crippen LogP contribution in [0.5, 0.6) is 0 Å². The van der Waals surface area contributed by atoms with Gasteiger partial charge in [0.25, 0.3) is 0 Å². The number of nitriles is 1. The van der Waals surface area contributed by atoms with Gasteiger partial charge in [-0.3, -0.25) is 4.98 Å². The number of nitrogens with zero attached hydrogens (tertiary/aromatic N) is 2. The number of hydrogen-bond acceptors (Lipinski definition) is 3. The van der Waals surface area contributed by atoms with E-state index in [1.165, 1.54) is 0 Å². The zero-order chi connectivity index (χ0) is 13.8. The van der Waals surface area contributed by atoms with Crippen LogP contribution in [0, 0.1) is 18.3 Å². The number of nitrogens with one attached hydrogen (secondary N) is 1. The van der Waals surface area contributed by atoms with Crippen molar-refractivity contribution in [2.24, 2.45) is 0 Å². The van der Waals surface area contributed by atoms with Crippen LogP contribution in [-0.2, 0) is 6.54 Å². The molecule has 5 heteroatoms. The maximum atomic E-state index is 9.17. The Kier molecular flexibility index (Phi) is 4.56. The number of anilines is 1. The highest BCUT2D eigenvalue weighted by molar-refractivity contribution is 9.11. The molecule has 0 amide bonds. The summed E-state index contributed by atoms with van der Waals surface area (Å²) in [6.45, 7) is 2.49. The number of rotatable bonds is 3. The number of hydrogen-bond donors (Lipinski definition) is 1. The lowest BCUT2D eigenvalue weighted by atomic mass is 10.1. The molecule has 0 aliphatic heterocycles. The lowest BCUT2D eigenvalue weighted by molar-refractivity contribution is 1.03. The molecule has 0 radical (unpaired) electrons. The maximum Gasteiger partial charge on any atom is 0.102 e. The van der Waals surface area contributed by atoms with Crippen molar-refractivity contribution >= 4 is 37.5 Å². The van der Waals surface area contributed by atoms with Crippen LogP contribution in [0.3, 0.4) is 0 Å². The van der Waals surface area contributed by atoms with Crippen LogP contribution in [-0.4, -0.2) is 4.98 Å². The van der Waals surface area contributed by atoms with Crippen molar-refractivity contribution in [3.8, 4) is 6.07 Å². The van der Waals surface area contributed by atoms with E-state index in [1.807, 2.05) is 31.2 Å². The molecular weight excluding hydrogens is 370 g/mol. The predicted octanol–water partition coefficient (Wildman–Crippen LogP) is 4.40. The second-order valence-corrected chi connectivity index (χ2v) is 5.81. The molecule has 3 nitrogen and oxygen atoms in total. The summed E-state index contributed by atoms with van der Waals surface area (Å²) < 4.78 is 1.86. The first-order valence-corrected chi connectivity index (χ1v) is 7.24. The van der Waals surface area contributed by atoms with Crippen molar-refractivity contribution < 1.29 is 0 Å². The van der Waals surface area contributed by atoms with Gasteiger partial charge in [0.05, 0.1) is 23.5 Å². The number of benzene rings is 1. The second-order valence-electron chi connectivity index (χ2n) is 4.04. The molecule has 0 fully saturated rings. The van der Waals surface area contributed by atoms with Gasteiger partial charge in [0.15, 0.2) is 0 Å². The van der Waals surface area contributed by atoms with Crippen LogP contribution in [0.1, 0.15) is 16.8 Å². The van der Waals surface area contributed by atoms with Gasteiger partial charge < -0.3 is 5.32 Å². The van der Waals surface area contributed by atoms with Crippen molar-refractivity contribution in [1.82, 2.24) is 4.98 Å². The summed E-state index contributed by atoms with van der Waals surface area (Å²) in [5, 5.41) is 12.4. The van der Waals surface area contributed by atoms with Gasteiger partial charge in [-0.1, -0.05) is 12.1 Å². The van der Waals surface area contributed by atoms with Gasteiger partial charge in [-0.05, 0) is 56.5 Å². The summed E-state index contributed by atoms with van der Waals surface area (Å²) in [5.74, 6) is 0. The summed E-state index contributed by atoms with van der Waals surface area (Å²) in [7, 11) is 0. The first-order chi connectivity index (χ1) is 9.11. The molecule has 0 spiro atoms. The number of pyridine rings is 1. The standard InChI is InChI=1S/C14H11Br2N3/c1-9-3-2-4-13(11(9)6-17)19-8-14-12(16)5-10(15)7-18-14/h2-5,7,19H,8H2,1H3. The fraction of sp³-hybridized carbons (Fsp3) is 0.143. The lowest BCUT2D eigenvalue weighted by Gasteiger charge is -2.10. The summed E-state index contributed by atoms with van der Waals surface area (Å²) in [6.07, 6.45) is 1.75. The van der Waals surface area contributed by atoms with Crippen molar-refractivity contribution in [3.05, 3.63) is 56.2 Å². The van der Waals surface area contributed by atoms with Gasteiger partial charge in [-0.15, -0.1) is 0 Å². The van der Waals surface area contributed by atoms with E-state index in [4.69, 9.17) is 5.26 Å². The smallest absolute Gasteiger partial charge is 0.102 e. The topological polar surface area (TPSA) is 48.7 Å². The summed E-state index contributed by atoms with van der Waals surface area (Å²) in [6, 6.07) is 9.93. The molecule has 96 valence electrons. The van der Waals surface area contributed by atoms with Gasteiger partial charge >= 0.3 is 0 Å². The molecule has 0 saturated heterocycles. The number of aryl methyl sites for hydroxylation is 1. The third-order valence-electron chi connectivity index (χ3n) is 2.71. The minimum Gasteiger partial charge on any atom is -0.378 e. The van der Waals surface area contributed by atoms with Crippen LogP contribution in [0.25, 0.3) is 0 Å². The Bertz CT molecular complexity index is 648. The van der Waals surface area contributed by atoms with E-state index in [1.54, 1.807) is 6.20 Å². The molecule has 19 heavy (non-hydrogen) atoms. The minimum absolute atomic E-state index is 0.562. The summed E-state index contributed by atoms with van der Waals surface area (Å²) >= 11 is 6.84. The van der Waals surface area contributed by atoms with Gasteiger partial charge in [0.2, 0.25) is 0 Å². The van der Waals surface area contributed by atoms with E-state index in [0.29, 0.717) is 12.1 Å². The normalized spacial score (nSPS) is 10.0. The van der Waals surface area contributed by atoms with Gasteiger partial charge in [0, 0.05) is 15.1 Å². The monoisotopic (exact) mass is 379 g/mol. The molecule has 0 atom stereocenters. The van der Waals surface area contributed by atoms with E-state index in [2.05, 4.69) is 48.2 Å². The summed E-state index contributed by atoms with van der Waals surface area (Å²) in [5.41, 5.74) is 3.37. The molecule has 0 saturated carbocycles. The van der Waals surface area contributed by atoms with E-state index in [-0.39, 0.29) is 0 Å². The fourth-order valence-corrected chi connectivity index (χ4v) is 2.84. The zero-order valence-corrected chi connectivity index (χ0v) is 13.4. The molecule has 2 rings (SSSR count). The third-order valence-corrected chi connectivity index (χ3v) is 3.84. The Morgan fingerprint density at radius 3 is 2.84 bits per heavy atom. The highest BCUT2D eigenvalue weighted by atomic mass is 79.9. The SMILES string of the molecule is Cc1cccc(NCc2ncc(Br)cc2Br)c1C#N. The molecule has 0 aliphatic rings. The highest BCUT2D eigenvalue weighted by Crippen LogP contribution is 2.22. The van der Waals surface area contributed by atoms with Crippen molar-refractivity contribution in [3.63, 3.8) is 0 Å². The molecule has 1 heterocycles. The largest absolute Gasteiger partial charge is 0.378 e. The first-order valence-electron chi connectivity index (χ1n) is 5.65. The molecular formula is C14H11Br2N3. The first kappa shape index (κ1) is 14.0. The quantitative estimate of drug-likeness (QED) is 0.858. The number of aromatic nitrogens is 1. The second kappa shape index (κ2) is 6.18. The summed E-state index contributed by atoms with van der Waals surface area (Å²) in [4.78, 5) is 4.33. The average Bonchev–Trinajstić information content (AvgIpc) is 2.38. The number of halogens is 2. The maximum absolute atomic E-state index is 9.17. The van der Waals surface area contributed by atoms with Crippen LogP contribution in [0.4, 0.5) is 5.69 Å². The fourth-order valence-electron chi connectivity index (χ4n) is 1.72. The van der Waals surface area contributed by atoms with E-state index < -0.39 is 0 Å². The lowest BCUT2D eigenvalue weighted by Crippen LogP contribution is -2.04. The van der Waals surface area contributed by atoms with E-state index in [9.17, 15) is 0 Å². The van der Waals surface area contributed by atoms with Gasteiger partial charge in [-0.25, -0.2) is 0 Å². The molecule has 0 unspecified atom stereocenters. The van der Waals surface area contributed by atoms with Crippen LogP contribution in [0.2, 0.25) is 0 Å². The van der Waals surface area contributed by atoms with E-state index in [0.717, 1.165) is 25.9 Å². The molecule has 1 aromatic carbocycles. The molecule has 0 bridgehead atoms. The Morgan fingerprint density at radius 1 is 1.37 bits per heavy atom.